The van der Waals surface area contributed by atoms with Gasteiger partial charge in [0.25, 0.3) is 0 Å². The quantitative estimate of drug-likeness (QED) is 0.772. The summed E-state index contributed by atoms with van der Waals surface area (Å²) in [5, 5.41) is 0. The van der Waals surface area contributed by atoms with Gasteiger partial charge in [-0.1, -0.05) is 31.2 Å². The third-order valence-corrected chi connectivity index (χ3v) is 2.84. The van der Waals surface area contributed by atoms with Gasteiger partial charge < -0.3 is 4.74 Å². The smallest absolute Gasteiger partial charge is 0.131 e. The molecule has 2 heteroatoms. The summed E-state index contributed by atoms with van der Waals surface area (Å²) >= 11 is 0. The minimum absolute atomic E-state index is 0.172. The van der Waals surface area contributed by atoms with E-state index in [1.54, 1.807) is 13.2 Å². The molecule has 0 aromatic heterocycles. The maximum atomic E-state index is 13.9. The second-order valence-corrected chi connectivity index (χ2v) is 3.90. The van der Waals surface area contributed by atoms with Crippen LogP contribution in [0, 0.1) is 5.82 Å². The van der Waals surface area contributed by atoms with Crippen LogP contribution in [0.15, 0.2) is 42.5 Å². The van der Waals surface area contributed by atoms with Crippen molar-refractivity contribution in [2.75, 3.05) is 7.11 Å². The highest BCUT2D eigenvalue weighted by molar-refractivity contribution is 5.65. The van der Waals surface area contributed by atoms with Gasteiger partial charge in [-0.15, -0.1) is 0 Å². The molecule has 0 N–H and O–H groups in total. The summed E-state index contributed by atoms with van der Waals surface area (Å²) in [7, 11) is 1.62. The van der Waals surface area contributed by atoms with Crippen LogP contribution in [0.4, 0.5) is 4.39 Å². The molecule has 2 rings (SSSR count). The Morgan fingerprint density at radius 3 is 2.29 bits per heavy atom. The van der Waals surface area contributed by atoms with Crippen molar-refractivity contribution in [1.82, 2.24) is 0 Å². The van der Waals surface area contributed by atoms with Crippen LogP contribution >= 0.6 is 0 Å². The standard InChI is InChI=1S/C15H15FO/c1-3-11-4-9-14(15(16)10-11)12-5-7-13(17-2)8-6-12/h4-10H,3H2,1-2H3. The van der Waals surface area contributed by atoms with Crippen molar-refractivity contribution in [3.8, 4) is 16.9 Å². The Bertz CT molecular complexity index is 503. The molecule has 0 saturated carbocycles. The normalized spacial score (nSPS) is 10.3. The van der Waals surface area contributed by atoms with Crippen LogP contribution in [0.5, 0.6) is 5.75 Å². The van der Waals surface area contributed by atoms with E-state index in [0.717, 1.165) is 23.3 Å². The van der Waals surface area contributed by atoms with Gasteiger partial charge in [-0.3, -0.25) is 0 Å². The van der Waals surface area contributed by atoms with Gasteiger partial charge in [-0.25, -0.2) is 4.39 Å². The second-order valence-electron chi connectivity index (χ2n) is 3.90. The van der Waals surface area contributed by atoms with E-state index in [9.17, 15) is 4.39 Å². The number of hydrogen-bond donors (Lipinski definition) is 0. The van der Waals surface area contributed by atoms with Gasteiger partial charge in [0, 0.05) is 5.56 Å². The van der Waals surface area contributed by atoms with Crippen molar-refractivity contribution in [3.05, 3.63) is 53.8 Å². The fourth-order valence-corrected chi connectivity index (χ4v) is 1.78. The molecule has 0 aliphatic heterocycles. The molecular weight excluding hydrogens is 215 g/mol. The first-order valence-electron chi connectivity index (χ1n) is 5.67. The van der Waals surface area contributed by atoms with E-state index in [1.165, 1.54) is 0 Å². The van der Waals surface area contributed by atoms with Gasteiger partial charge in [-0.2, -0.15) is 0 Å². The van der Waals surface area contributed by atoms with Gasteiger partial charge in [-0.05, 0) is 35.7 Å². The van der Waals surface area contributed by atoms with Gasteiger partial charge in [0.15, 0.2) is 0 Å². The van der Waals surface area contributed by atoms with Crippen molar-refractivity contribution < 1.29 is 9.13 Å². The number of benzene rings is 2. The van der Waals surface area contributed by atoms with E-state index < -0.39 is 0 Å². The minimum atomic E-state index is -0.172. The van der Waals surface area contributed by atoms with Crippen LogP contribution in [0.3, 0.4) is 0 Å². The van der Waals surface area contributed by atoms with E-state index in [2.05, 4.69) is 0 Å². The van der Waals surface area contributed by atoms with E-state index in [1.807, 2.05) is 43.3 Å². The fourth-order valence-electron chi connectivity index (χ4n) is 1.78. The fraction of sp³-hybridized carbons (Fsp3) is 0.200. The average Bonchev–Trinajstić information content (AvgIpc) is 2.39. The molecule has 0 unspecified atom stereocenters. The molecule has 88 valence electrons. The van der Waals surface area contributed by atoms with Crippen LogP contribution in [0.2, 0.25) is 0 Å². The Morgan fingerprint density at radius 2 is 1.76 bits per heavy atom. The molecule has 0 saturated heterocycles. The SMILES string of the molecule is CCc1ccc(-c2ccc(OC)cc2)c(F)c1. The lowest BCUT2D eigenvalue weighted by molar-refractivity contribution is 0.415. The average molecular weight is 230 g/mol. The predicted octanol–water partition coefficient (Wildman–Crippen LogP) is 4.06. The summed E-state index contributed by atoms with van der Waals surface area (Å²) in [6.45, 7) is 2.02. The molecule has 2 aromatic rings. The molecule has 0 atom stereocenters. The molecular formula is C15H15FO. The Kier molecular flexibility index (Phi) is 3.43. The lowest BCUT2D eigenvalue weighted by Crippen LogP contribution is -1.88. The number of aryl methyl sites for hydroxylation is 1. The van der Waals surface area contributed by atoms with Crippen LogP contribution in [0.25, 0.3) is 11.1 Å². The van der Waals surface area contributed by atoms with E-state index in [0.29, 0.717) is 5.56 Å². The first-order chi connectivity index (χ1) is 8.24. The van der Waals surface area contributed by atoms with E-state index in [-0.39, 0.29) is 5.82 Å². The summed E-state index contributed by atoms with van der Waals surface area (Å²) in [5.41, 5.74) is 2.51. The number of methoxy groups -OCH3 is 1. The van der Waals surface area contributed by atoms with E-state index in [4.69, 9.17) is 4.74 Å². The van der Waals surface area contributed by atoms with Crippen LogP contribution in [-0.2, 0) is 6.42 Å². The molecule has 1 nitrogen and oxygen atoms in total. The first kappa shape index (κ1) is 11.6. The molecule has 0 spiro atoms. The highest BCUT2D eigenvalue weighted by Gasteiger charge is 2.05. The molecule has 0 aliphatic rings. The molecule has 0 fully saturated rings. The van der Waals surface area contributed by atoms with Crippen molar-refractivity contribution in [3.63, 3.8) is 0 Å². The summed E-state index contributed by atoms with van der Waals surface area (Å²) in [6.07, 6.45) is 0.847. The largest absolute Gasteiger partial charge is 0.497 e. The van der Waals surface area contributed by atoms with Gasteiger partial charge in [0.1, 0.15) is 11.6 Å². The highest BCUT2D eigenvalue weighted by Crippen LogP contribution is 2.25. The number of rotatable bonds is 3. The first-order valence-corrected chi connectivity index (χ1v) is 5.67. The van der Waals surface area contributed by atoms with Crippen molar-refractivity contribution in [2.24, 2.45) is 0 Å². The molecule has 0 amide bonds. The maximum Gasteiger partial charge on any atom is 0.131 e. The second kappa shape index (κ2) is 5.00. The minimum Gasteiger partial charge on any atom is -0.497 e. The Hall–Kier alpha value is -1.83. The van der Waals surface area contributed by atoms with Crippen LogP contribution in [-0.4, -0.2) is 7.11 Å². The van der Waals surface area contributed by atoms with Gasteiger partial charge in [0.2, 0.25) is 0 Å². The van der Waals surface area contributed by atoms with Crippen molar-refractivity contribution in [1.29, 1.82) is 0 Å². The molecule has 2 aromatic carbocycles. The van der Waals surface area contributed by atoms with Crippen LogP contribution in [0.1, 0.15) is 12.5 Å². The van der Waals surface area contributed by atoms with Gasteiger partial charge in [0.05, 0.1) is 7.11 Å². The Labute approximate surface area is 101 Å². The lowest BCUT2D eigenvalue weighted by Gasteiger charge is -2.06. The van der Waals surface area contributed by atoms with Crippen LogP contribution < -0.4 is 4.74 Å². The summed E-state index contributed by atoms with van der Waals surface area (Å²) < 4.78 is 19.0. The Morgan fingerprint density at radius 1 is 1.06 bits per heavy atom. The van der Waals surface area contributed by atoms with E-state index >= 15 is 0 Å². The zero-order valence-electron chi connectivity index (χ0n) is 10.0. The highest BCUT2D eigenvalue weighted by atomic mass is 19.1. The molecule has 0 aliphatic carbocycles. The topological polar surface area (TPSA) is 9.23 Å². The number of halogens is 1. The van der Waals surface area contributed by atoms with Crippen molar-refractivity contribution >= 4 is 0 Å². The number of hydrogen-bond acceptors (Lipinski definition) is 1. The third kappa shape index (κ3) is 2.47. The maximum absolute atomic E-state index is 13.9. The van der Waals surface area contributed by atoms with Crippen molar-refractivity contribution in [2.45, 2.75) is 13.3 Å². The summed E-state index contributed by atoms with van der Waals surface area (Å²) in [5.74, 6) is 0.605. The molecule has 17 heavy (non-hydrogen) atoms. The zero-order chi connectivity index (χ0) is 12.3. The number of ether oxygens (including phenoxy) is 1. The third-order valence-electron chi connectivity index (χ3n) is 2.84. The molecule has 0 radical (unpaired) electrons. The molecule has 0 heterocycles. The molecule has 0 bridgehead atoms. The van der Waals surface area contributed by atoms with Gasteiger partial charge >= 0.3 is 0 Å². The predicted molar refractivity (Wildman–Crippen MR) is 67.8 cm³/mol. The lowest BCUT2D eigenvalue weighted by atomic mass is 10.0. The summed E-state index contributed by atoms with van der Waals surface area (Å²) in [4.78, 5) is 0. The Balaban J connectivity index is 2.38. The monoisotopic (exact) mass is 230 g/mol. The zero-order valence-corrected chi connectivity index (χ0v) is 10.0. The summed E-state index contributed by atoms with van der Waals surface area (Å²) in [6, 6.07) is 12.8.